The van der Waals surface area contributed by atoms with Gasteiger partial charge in [-0.3, -0.25) is 28.1 Å². The lowest BCUT2D eigenvalue weighted by Crippen LogP contribution is -2.24. The Morgan fingerprint density at radius 2 is 0.800 bits per heavy atom. The topological polar surface area (TPSA) is 143 Å². The van der Waals surface area contributed by atoms with Gasteiger partial charge in [0.25, 0.3) is 16.7 Å². The Morgan fingerprint density at radius 3 is 1.16 bits per heavy atom. The van der Waals surface area contributed by atoms with Crippen molar-refractivity contribution in [1.29, 1.82) is 0 Å². The first-order valence-electron chi connectivity index (χ1n) is 24.8. The summed E-state index contributed by atoms with van der Waals surface area (Å²) in [6, 6.07) is 33.7. The molecule has 378 valence electrons. The van der Waals surface area contributed by atoms with Gasteiger partial charge in [0.1, 0.15) is 34.6 Å². The summed E-state index contributed by atoms with van der Waals surface area (Å²) in [6.07, 6.45) is 22.8. The van der Waals surface area contributed by atoms with E-state index in [0.29, 0.717) is 16.5 Å². The Kier molecular flexibility index (Phi) is 19.8. The molecule has 3 aliphatic rings. The van der Waals surface area contributed by atoms with Gasteiger partial charge in [0.15, 0.2) is 0 Å². The number of aromatic nitrogens is 9. The monoisotopic (exact) mass is 1100 g/mol. The van der Waals surface area contributed by atoms with E-state index < -0.39 is 0 Å². The first kappa shape index (κ1) is 55.0. The third-order valence-corrected chi connectivity index (χ3v) is 13.2. The summed E-state index contributed by atoms with van der Waals surface area (Å²) in [4.78, 5) is 64.1. The second kappa shape index (κ2) is 27.0. The van der Waals surface area contributed by atoms with Crippen LogP contribution < -0.4 is 16.7 Å². The molecule has 6 aromatic heterocycles. The van der Waals surface area contributed by atoms with Crippen LogP contribution in [0.5, 0.6) is 0 Å². The number of rotatable bonds is 0. The van der Waals surface area contributed by atoms with Gasteiger partial charge in [-0.25, -0.2) is 29.9 Å². The molecule has 0 atom stereocenters. The first-order chi connectivity index (χ1) is 35.8. The lowest BCUT2D eigenvalue weighted by atomic mass is 10.1. The van der Waals surface area contributed by atoms with Crippen LogP contribution >= 0.6 is 40.7 Å². The summed E-state index contributed by atoms with van der Waals surface area (Å²) in [5, 5.41) is 2.06. The van der Waals surface area contributed by atoms with E-state index in [4.69, 9.17) is 16.4 Å². The van der Waals surface area contributed by atoms with Crippen molar-refractivity contribution in [2.45, 2.75) is 96.7 Å². The van der Waals surface area contributed by atoms with Gasteiger partial charge < -0.3 is 0 Å². The molecule has 0 spiro atoms. The smallest absolute Gasteiger partial charge is 0.261 e. The maximum absolute atomic E-state index is 12.7. The molecule has 0 amide bonds. The van der Waals surface area contributed by atoms with Crippen LogP contribution in [0.25, 0.3) is 32.7 Å². The fourth-order valence-corrected chi connectivity index (χ4v) is 9.33. The van der Waals surface area contributed by atoms with Crippen LogP contribution in [0.4, 0.5) is 0 Å². The van der Waals surface area contributed by atoms with Crippen LogP contribution in [-0.4, -0.2) is 43.6 Å². The molecular formula is C60H54BrCl2N9O3. The Bertz CT molecular complexity index is 3630. The van der Waals surface area contributed by atoms with Crippen molar-refractivity contribution in [3.63, 3.8) is 0 Å². The second-order valence-corrected chi connectivity index (χ2v) is 18.7. The van der Waals surface area contributed by atoms with Crippen molar-refractivity contribution in [3.8, 4) is 36.0 Å². The van der Waals surface area contributed by atoms with Crippen molar-refractivity contribution >= 4 is 73.5 Å². The largest absolute Gasteiger partial charge is 0.296 e. The zero-order valence-electron chi connectivity index (χ0n) is 41.3. The van der Waals surface area contributed by atoms with Gasteiger partial charge in [-0.1, -0.05) is 71.2 Å². The molecule has 0 aliphatic carbocycles. The highest BCUT2D eigenvalue weighted by Crippen LogP contribution is 2.20. The Hall–Kier alpha value is -7.73. The van der Waals surface area contributed by atoms with Crippen molar-refractivity contribution in [2.24, 2.45) is 0 Å². The highest BCUT2D eigenvalue weighted by molar-refractivity contribution is 9.10. The fourth-order valence-electron chi connectivity index (χ4n) is 8.98. The van der Waals surface area contributed by atoms with Crippen molar-refractivity contribution in [2.75, 3.05) is 0 Å². The van der Waals surface area contributed by atoms with E-state index in [2.05, 4.69) is 65.5 Å². The summed E-state index contributed by atoms with van der Waals surface area (Å²) in [5.74, 6) is 17.5. The number of terminal acetylenes is 1. The van der Waals surface area contributed by atoms with E-state index in [9.17, 15) is 14.4 Å². The molecule has 0 fully saturated rings. The Labute approximate surface area is 456 Å². The van der Waals surface area contributed by atoms with Crippen LogP contribution in [0.15, 0.2) is 147 Å². The number of hydrogen-bond donors (Lipinski definition) is 0. The second-order valence-electron chi connectivity index (χ2n) is 17.8. The van der Waals surface area contributed by atoms with E-state index in [1.54, 1.807) is 24.7 Å². The maximum atomic E-state index is 12.7. The molecule has 9 aromatic rings. The van der Waals surface area contributed by atoms with Gasteiger partial charge >= 0.3 is 0 Å². The predicted molar refractivity (Wildman–Crippen MR) is 305 cm³/mol. The third-order valence-electron chi connectivity index (χ3n) is 12.7. The SMILES string of the molecule is C#Cc1ccccn1.Cl.Cl.O=c1c2ccc(Br)cc2nc2n1CCCCC2.O=c1c2ccc(C#Cc3ccccn3)cc2nc2n1CCCCC2.O=c1c2ccc(C#Cc3ccccn3)cc2nc2n1CCCCC2. The first-order valence-corrected chi connectivity index (χ1v) is 25.6. The van der Waals surface area contributed by atoms with Crippen LogP contribution in [0, 0.1) is 36.0 Å². The zero-order valence-corrected chi connectivity index (χ0v) is 44.5. The summed E-state index contributed by atoms with van der Waals surface area (Å²) >= 11 is 3.42. The minimum Gasteiger partial charge on any atom is -0.296 e. The zero-order chi connectivity index (χ0) is 50.4. The molecule has 0 saturated carbocycles. The summed E-state index contributed by atoms with van der Waals surface area (Å²) in [7, 11) is 0. The molecule has 0 unspecified atom stereocenters. The molecular weight excluding hydrogens is 1050 g/mol. The molecule has 12 rings (SSSR count). The molecule has 12 nitrogen and oxygen atoms in total. The van der Waals surface area contributed by atoms with E-state index in [1.807, 2.05) is 117 Å². The highest BCUT2D eigenvalue weighted by atomic mass is 79.9. The minimum absolute atomic E-state index is 0. The molecule has 9 heterocycles. The average Bonchev–Trinajstić information content (AvgIpc) is 3.94. The highest BCUT2D eigenvalue weighted by Gasteiger charge is 2.16. The van der Waals surface area contributed by atoms with Crippen LogP contribution in [0.3, 0.4) is 0 Å². The summed E-state index contributed by atoms with van der Waals surface area (Å²) < 4.78 is 6.50. The Morgan fingerprint density at radius 1 is 0.427 bits per heavy atom. The Balaban J connectivity index is 0.000000152. The number of halogens is 3. The van der Waals surface area contributed by atoms with Gasteiger partial charge in [0, 0.05) is 73.1 Å². The van der Waals surface area contributed by atoms with Gasteiger partial charge in [-0.05, 0) is 141 Å². The molecule has 3 aromatic carbocycles. The van der Waals surface area contributed by atoms with E-state index in [-0.39, 0.29) is 41.5 Å². The number of hydrogen-bond acceptors (Lipinski definition) is 9. The van der Waals surface area contributed by atoms with Crippen LogP contribution in [0.1, 0.15) is 103 Å². The lowest BCUT2D eigenvalue weighted by Gasteiger charge is -2.10. The number of nitrogens with zero attached hydrogens (tertiary/aromatic N) is 9. The molecule has 0 N–H and O–H groups in total. The van der Waals surface area contributed by atoms with Crippen LogP contribution in [0.2, 0.25) is 0 Å². The van der Waals surface area contributed by atoms with Crippen molar-refractivity contribution in [3.05, 3.63) is 209 Å². The van der Waals surface area contributed by atoms with E-state index in [0.717, 1.165) is 157 Å². The average molecular weight is 1100 g/mol. The van der Waals surface area contributed by atoms with Gasteiger partial charge in [0.2, 0.25) is 0 Å². The standard InChI is InChI=1S/2C20H17N3O.C13H13BrN2O.C7H5N.2ClH/c2*24-20-17-11-9-15(8-10-16-6-3-4-12-21-16)14-18(17)22-19-7-2-1-5-13-23(19)20;14-9-5-6-10-11(8-9)15-12-4-2-1-3-7-16(12)13(10)17;1-2-7-5-3-4-6-8-7;;/h2*3-4,6,9,11-12,14H,1-2,5,7,13H2;5-6,8H,1-4,7H2;1,3-6H;2*1H. The van der Waals surface area contributed by atoms with Crippen molar-refractivity contribution < 1.29 is 0 Å². The van der Waals surface area contributed by atoms with Gasteiger partial charge in [-0.2, -0.15) is 0 Å². The fraction of sp³-hybridized carbons (Fsp3) is 0.250. The maximum Gasteiger partial charge on any atom is 0.261 e. The van der Waals surface area contributed by atoms with Crippen molar-refractivity contribution in [1.82, 2.24) is 43.6 Å². The molecule has 0 saturated heterocycles. The summed E-state index contributed by atoms with van der Waals surface area (Å²) in [6.45, 7) is 2.36. The number of pyridine rings is 3. The van der Waals surface area contributed by atoms with Crippen LogP contribution in [-0.2, 0) is 38.9 Å². The molecule has 15 heteroatoms. The quantitative estimate of drug-likeness (QED) is 0.136. The third kappa shape index (κ3) is 14.1. The normalized spacial score (nSPS) is 13.1. The summed E-state index contributed by atoms with van der Waals surface area (Å²) in [5.41, 5.74) is 6.37. The van der Waals surface area contributed by atoms with Gasteiger partial charge in [-0.15, -0.1) is 31.2 Å². The number of benzene rings is 3. The molecule has 0 bridgehead atoms. The number of aryl methyl sites for hydroxylation is 3. The lowest BCUT2D eigenvalue weighted by molar-refractivity contribution is 0.614. The molecule has 75 heavy (non-hydrogen) atoms. The molecule has 0 radical (unpaired) electrons. The van der Waals surface area contributed by atoms with E-state index >= 15 is 0 Å². The number of fused-ring (bicyclic) bond motifs is 6. The van der Waals surface area contributed by atoms with Gasteiger partial charge in [0.05, 0.1) is 32.7 Å². The molecule has 3 aliphatic heterocycles. The predicted octanol–water partition coefficient (Wildman–Crippen LogP) is 10.6. The minimum atomic E-state index is 0. The van der Waals surface area contributed by atoms with E-state index in [1.165, 1.54) is 6.42 Å².